The summed E-state index contributed by atoms with van der Waals surface area (Å²) < 4.78 is 29.4. The average molecular weight is 565 g/mol. The predicted octanol–water partition coefficient (Wildman–Crippen LogP) is 6.40. The normalized spacial score (nSPS) is 12.1. The topological polar surface area (TPSA) is 83.5 Å². The third kappa shape index (κ3) is 6.90. The Labute approximate surface area is 235 Å². The molecule has 0 unspecified atom stereocenters. The van der Waals surface area contributed by atoms with Gasteiger partial charge in [0.15, 0.2) is 5.13 Å². The Morgan fingerprint density at radius 1 is 0.949 bits per heavy atom. The molecular weight excluding hydrogens is 528 g/mol. The minimum absolute atomic E-state index is 0.184. The van der Waals surface area contributed by atoms with Crippen molar-refractivity contribution in [3.63, 3.8) is 0 Å². The van der Waals surface area contributed by atoms with Crippen molar-refractivity contribution < 1.29 is 13.2 Å². The first-order chi connectivity index (χ1) is 18.6. The van der Waals surface area contributed by atoms with Crippen molar-refractivity contribution in [2.75, 3.05) is 18.0 Å². The van der Waals surface area contributed by atoms with E-state index in [1.165, 1.54) is 33.3 Å². The molecule has 4 aromatic rings. The van der Waals surface area contributed by atoms with Gasteiger partial charge in [0.1, 0.15) is 0 Å². The predicted molar refractivity (Wildman–Crippen MR) is 159 cm³/mol. The van der Waals surface area contributed by atoms with Gasteiger partial charge in [-0.15, -0.1) is 0 Å². The summed E-state index contributed by atoms with van der Waals surface area (Å²) in [5.41, 5.74) is 3.16. The van der Waals surface area contributed by atoms with Crippen LogP contribution in [0.3, 0.4) is 0 Å². The van der Waals surface area contributed by atoms with Crippen LogP contribution >= 0.6 is 11.3 Å². The van der Waals surface area contributed by atoms with Crippen molar-refractivity contribution >= 4 is 42.6 Å². The van der Waals surface area contributed by atoms with Gasteiger partial charge in [0.05, 0.1) is 27.4 Å². The summed E-state index contributed by atoms with van der Waals surface area (Å²) in [4.78, 5) is 24.8. The van der Waals surface area contributed by atoms with Gasteiger partial charge in [0, 0.05) is 24.8 Å². The smallest absolute Gasteiger partial charge is 0.260 e. The minimum atomic E-state index is -3.69. The number of sulfonamides is 1. The molecule has 2 heterocycles. The number of hydrogen-bond acceptors (Lipinski definition) is 6. The lowest BCUT2D eigenvalue weighted by Crippen LogP contribution is -2.37. The number of anilines is 1. The number of pyridine rings is 1. The molecule has 4 rings (SSSR count). The minimum Gasteiger partial charge on any atom is -0.278 e. The van der Waals surface area contributed by atoms with Gasteiger partial charge in [-0.25, -0.2) is 13.4 Å². The molecule has 0 aliphatic rings. The zero-order valence-corrected chi connectivity index (χ0v) is 24.8. The monoisotopic (exact) mass is 564 g/mol. The van der Waals surface area contributed by atoms with Crippen LogP contribution in [0.4, 0.5) is 5.13 Å². The summed E-state index contributed by atoms with van der Waals surface area (Å²) in [5.74, 6) is 0.129. The van der Waals surface area contributed by atoms with Crippen molar-refractivity contribution in [1.29, 1.82) is 0 Å². The van der Waals surface area contributed by atoms with Crippen LogP contribution in [0.5, 0.6) is 0 Å². The van der Waals surface area contributed by atoms with E-state index in [4.69, 9.17) is 4.98 Å². The van der Waals surface area contributed by atoms with Crippen molar-refractivity contribution in [2.24, 2.45) is 11.8 Å². The summed E-state index contributed by atoms with van der Waals surface area (Å²) in [5, 5.41) is 0.575. The van der Waals surface area contributed by atoms with Crippen LogP contribution < -0.4 is 4.90 Å². The van der Waals surface area contributed by atoms with Crippen molar-refractivity contribution in [3.05, 3.63) is 83.7 Å². The number of thiazole rings is 1. The quantitative estimate of drug-likeness (QED) is 0.210. The Bertz CT molecular complexity index is 1510. The molecule has 0 spiro atoms. The number of carbonyl (C=O) groups is 1. The molecule has 0 radical (unpaired) electrons. The van der Waals surface area contributed by atoms with E-state index in [9.17, 15) is 13.2 Å². The first-order valence-corrected chi connectivity index (χ1v) is 15.6. The highest BCUT2D eigenvalue weighted by atomic mass is 32.2. The number of benzene rings is 2. The Kier molecular flexibility index (Phi) is 9.15. The van der Waals surface area contributed by atoms with Crippen LogP contribution in [0.15, 0.2) is 71.8 Å². The third-order valence-corrected chi connectivity index (χ3v) is 9.14. The molecule has 7 nitrogen and oxygen atoms in total. The Balaban J connectivity index is 1.67. The van der Waals surface area contributed by atoms with Gasteiger partial charge in [-0.3, -0.25) is 14.7 Å². The zero-order chi connectivity index (χ0) is 28.2. The van der Waals surface area contributed by atoms with Crippen LogP contribution in [-0.4, -0.2) is 41.7 Å². The first kappa shape index (κ1) is 28.9. The molecular formula is C30H36N4O3S2. The number of nitrogens with zero attached hydrogens (tertiary/aromatic N) is 4. The molecule has 0 atom stereocenters. The lowest BCUT2D eigenvalue weighted by molar-refractivity contribution is 0.0984. The van der Waals surface area contributed by atoms with Crippen molar-refractivity contribution in [2.45, 2.75) is 52.5 Å². The SMILES string of the molecule is CCc1ccc2nc(N(Cc3ccccn3)C(=O)c3ccc(S(=O)(=O)N(CC(C)C)CC(C)C)cc3)sc2c1. The van der Waals surface area contributed by atoms with E-state index >= 15 is 0 Å². The Morgan fingerprint density at radius 3 is 2.23 bits per heavy atom. The van der Waals surface area contributed by atoms with Gasteiger partial charge in [0.25, 0.3) is 5.91 Å². The maximum absolute atomic E-state index is 13.8. The van der Waals surface area contributed by atoms with E-state index in [0.29, 0.717) is 23.8 Å². The molecule has 9 heteroatoms. The van der Waals surface area contributed by atoms with E-state index in [0.717, 1.165) is 22.3 Å². The van der Waals surface area contributed by atoms with Crippen LogP contribution in [0, 0.1) is 11.8 Å². The molecule has 0 fully saturated rings. The highest BCUT2D eigenvalue weighted by Crippen LogP contribution is 2.32. The van der Waals surface area contributed by atoms with E-state index in [1.807, 2.05) is 52.0 Å². The van der Waals surface area contributed by atoms with Crippen LogP contribution in [0.2, 0.25) is 0 Å². The van der Waals surface area contributed by atoms with Crippen LogP contribution in [0.1, 0.15) is 56.2 Å². The van der Waals surface area contributed by atoms with Crippen molar-refractivity contribution in [1.82, 2.24) is 14.3 Å². The molecule has 0 aliphatic carbocycles. The van der Waals surface area contributed by atoms with Gasteiger partial charge in [-0.1, -0.05) is 58.1 Å². The summed E-state index contributed by atoms with van der Waals surface area (Å²) in [6, 6.07) is 18.0. The molecule has 0 bridgehead atoms. The molecule has 0 aliphatic heterocycles. The second kappa shape index (κ2) is 12.4. The van der Waals surface area contributed by atoms with E-state index in [1.54, 1.807) is 23.2 Å². The summed E-state index contributed by atoms with van der Waals surface area (Å²) >= 11 is 1.46. The van der Waals surface area contributed by atoms with Gasteiger partial charge in [0.2, 0.25) is 10.0 Å². The molecule has 39 heavy (non-hydrogen) atoms. The number of hydrogen-bond donors (Lipinski definition) is 0. The maximum atomic E-state index is 13.8. The number of carbonyl (C=O) groups excluding carboxylic acids is 1. The summed E-state index contributed by atoms with van der Waals surface area (Å²) in [6.07, 6.45) is 2.62. The van der Waals surface area contributed by atoms with Gasteiger partial charge < -0.3 is 0 Å². The van der Waals surface area contributed by atoms with Gasteiger partial charge in [-0.2, -0.15) is 4.31 Å². The highest BCUT2D eigenvalue weighted by Gasteiger charge is 2.27. The van der Waals surface area contributed by atoms with Gasteiger partial charge >= 0.3 is 0 Å². The lowest BCUT2D eigenvalue weighted by atomic mass is 10.2. The Morgan fingerprint density at radius 2 is 1.64 bits per heavy atom. The third-order valence-electron chi connectivity index (χ3n) is 6.25. The number of rotatable bonds is 11. The van der Waals surface area contributed by atoms with Gasteiger partial charge in [-0.05, 0) is 72.4 Å². The van der Waals surface area contributed by atoms with E-state index in [2.05, 4.69) is 24.0 Å². The summed E-state index contributed by atoms with van der Waals surface area (Å²) in [7, 11) is -3.69. The first-order valence-electron chi connectivity index (χ1n) is 13.3. The standard InChI is InChI=1S/C30H36N4O3S2/c1-6-23-10-15-27-28(17-23)38-30(32-27)34(20-25-9-7-8-16-31-25)29(35)24-11-13-26(14-12-24)39(36,37)33(18-21(2)3)19-22(4)5/h7-17,21-22H,6,18-20H2,1-5H3. The van der Waals surface area contributed by atoms with E-state index in [-0.39, 0.29) is 29.2 Å². The summed E-state index contributed by atoms with van der Waals surface area (Å²) in [6.45, 7) is 11.3. The largest absolute Gasteiger partial charge is 0.278 e. The maximum Gasteiger partial charge on any atom is 0.260 e. The fraction of sp³-hybridized carbons (Fsp3) is 0.367. The van der Waals surface area contributed by atoms with E-state index < -0.39 is 10.0 Å². The molecule has 2 aromatic heterocycles. The number of fused-ring (bicyclic) bond motifs is 1. The van der Waals surface area contributed by atoms with Crippen molar-refractivity contribution in [3.8, 4) is 0 Å². The fourth-order valence-corrected chi connectivity index (χ4v) is 7.13. The molecule has 1 amide bonds. The molecule has 206 valence electrons. The number of amides is 1. The van der Waals surface area contributed by atoms with Crippen LogP contribution in [0.25, 0.3) is 10.2 Å². The number of aromatic nitrogens is 2. The zero-order valence-electron chi connectivity index (χ0n) is 23.2. The highest BCUT2D eigenvalue weighted by molar-refractivity contribution is 7.89. The molecule has 0 N–H and O–H groups in total. The Hall–Kier alpha value is -3.14. The van der Waals surface area contributed by atoms with Crippen LogP contribution in [-0.2, 0) is 23.0 Å². The average Bonchev–Trinajstić information content (AvgIpc) is 3.34. The fourth-order valence-electron chi connectivity index (χ4n) is 4.33. The molecule has 2 aromatic carbocycles. The second-order valence-corrected chi connectivity index (χ2v) is 13.4. The lowest BCUT2D eigenvalue weighted by Gasteiger charge is -2.26. The second-order valence-electron chi connectivity index (χ2n) is 10.5. The number of aryl methyl sites for hydroxylation is 1. The molecule has 0 saturated heterocycles. The molecule has 0 saturated carbocycles.